The molecule has 1 aliphatic carbocycles. The molecule has 0 spiro atoms. The normalized spacial score (nSPS) is 20.4. The minimum atomic E-state index is -0.365. The summed E-state index contributed by atoms with van der Waals surface area (Å²) in [7, 11) is 0. The lowest BCUT2D eigenvalue weighted by molar-refractivity contribution is -1.00. The monoisotopic (exact) mass is 412 g/mol. The molecule has 2 aliphatic rings. The van der Waals surface area contributed by atoms with Crippen LogP contribution in [0.4, 0.5) is 15.8 Å². The van der Waals surface area contributed by atoms with Gasteiger partial charge in [-0.25, -0.2) is 4.39 Å². The number of rotatable bonds is 6. The van der Waals surface area contributed by atoms with E-state index in [4.69, 9.17) is 0 Å². The van der Waals surface area contributed by atoms with Crippen molar-refractivity contribution in [2.24, 2.45) is 0 Å². The number of fused-ring (bicyclic) bond motifs is 1. The van der Waals surface area contributed by atoms with Crippen molar-refractivity contribution in [2.45, 2.75) is 19.3 Å². The smallest absolute Gasteiger partial charge is 0.279 e. The summed E-state index contributed by atoms with van der Waals surface area (Å²) in [5, 5.41) is 5.78. The van der Waals surface area contributed by atoms with Crippen LogP contribution >= 0.6 is 0 Å². The predicted molar refractivity (Wildman–Crippen MR) is 113 cm³/mol. The van der Waals surface area contributed by atoms with Crippen LogP contribution in [0.25, 0.3) is 0 Å². The van der Waals surface area contributed by atoms with Crippen molar-refractivity contribution in [3.8, 4) is 0 Å². The number of anilines is 2. The quantitative estimate of drug-likeness (QED) is 0.525. The van der Waals surface area contributed by atoms with Crippen LogP contribution in [-0.2, 0) is 22.4 Å². The van der Waals surface area contributed by atoms with Crippen LogP contribution in [0.5, 0.6) is 0 Å². The van der Waals surface area contributed by atoms with Gasteiger partial charge in [-0.1, -0.05) is 12.1 Å². The molecule has 4 N–H and O–H groups in total. The number of carbonyl (C=O) groups excluding carboxylic acids is 2. The summed E-state index contributed by atoms with van der Waals surface area (Å²) in [5.41, 5.74) is 4.12. The molecule has 4 rings (SSSR count). The van der Waals surface area contributed by atoms with Gasteiger partial charge in [-0.15, -0.1) is 0 Å². The second-order valence-corrected chi connectivity index (χ2v) is 8.30. The molecule has 1 saturated heterocycles. The number of piperazine rings is 1. The van der Waals surface area contributed by atoms with Crippen LogP contribution < -0.4 is 20.4 Å². The van der Waals surface area contributed by atoms with Gasteiger partial charge >= 0.3 is 0 Å². The number of nitrogens with one attached hydrogen (secondary N) is 4. The second-order valence-electron chi connectivity index (χ2n) is 8.30. The van der Waals surface area contributed by atoms with Gasteiger partial charge in [0.05, 0.1) is 0 Å². The van der Waals surface area contributed by atoms with Crippen LogP contribution in [0.2, 0.25) is 0 Å². The van der Waals surface area contributed by atoms with E-state index in [2.05, 4.69) is 22.8 Å². The summed E-state index contributed by atoms with van der Waals surface area (Å²) < 4.78 is 13.2. The van der Waals surface area contributed by atoms with Crippen LogP contribution in [0.1, 0.15) is 17.5 Å². The van der Waals surface area contributed by atoms with Gasteiger partial charge in [0, 0.05) is 11.4 Å². The van der Waals surface area contributed by atoms with Crippen molar-refractivity contribution >= 4 is 23.2 Å². The summed E-state index contributed by atoms with van der Waals surface area (Å²) in [6.07, 6.45) is 3.44. The topological polar surface area (TPSA) is 67.1 Å². The highest BCUT2D eigenvalue weighted by Gasteiger charge is 2.26. The minimum absolute atomic E-state index is 0.0373. The lowest BCUT2D eigenvalue weighted by atomic mass is 10.1. The lowest BCUT2D eigenvalue weighted by Gasteiger charge is -2.29. The molecule has 0 atom stereocenters. The van der Waals surface area contributed by atoms with Crippen LogP contribution in [0, 0.1) is 5.82 Å². The van der Waals surface area contributed by atoms with E-state index in [1.165, 1.54) is 39.5 Å². The first-order chi connectivity index (χ1) is 14.5. The SMILES string of the molecule is O=C(C[NH+]1CC[NH+](CC(=O)Nc2ccc3c(c2)CCC3)CC1)Nc1cccc(F)c1. The molecule has 2 aromatic carbocycles. The standard InChI is InChI=1S/C23H27FN4O2/c24-19-5-2-6-20(14-19)25-22(29)15-27-9-11-28(12-10-27)16-23(30)26-21-8-7-17-3-1-4-18(17)13-21/h2,5-8,13-14H,1,3-4,9-12,15-16H2,(H,25,29)(H,26,30)/p+2. The third-order valence-corrected chi connectivity index (χ3v) is 5.98. The Hall–Kier alpha value is -2.77. The number of benzene rings is 2. The van der Waals surface area contributed by atoms with Crippen molar-refractivity contribution in [3.05, 3.63) is 59.4 Å². The molecule has 7 heteroatoms. The highest BCUT2D eigenvalue weighted by atomic mass is 19.1. The first-order valence-corrected chi connectivity index (χ1v) is 10.7. The van der Waals surface area contributed by atoms with Crippen LogP contribution in [0.15, 0.2) is 42.5 Å². The van der Waals surface area contributed by atoms with Gasteiger partial charge < -0.3 is 20.4 Å². The molecular formula is C23H29FN4O2+2. The van der Waals surface area contributed by atoms with Gasteiger partial charge in [-0.2, -0.15) is 0 Å². The zero-order valence-corrected chi connectivity index (χ0v) is 17.1. The highest BCUT2D eigenvalue weighted by molar-refractivity contribution is 5.92. The third kappa shape index (κ3) is 5.43. The number of hydrogen-bond acceptors (Lipinski definition) is 2. The number of quaternary nitrogens is 2. The summed E-state index contributed by atoms with van der Waals surface area (Å²) in [5.74, 6) is -0.445. The maximum atomic E-state index is 13.2. The first-order valence-electron chi connectivity index (χ1n) is 10.7. The molecule has 158 valence electrons. The largest absolute Gasteiger partial charge is 0.321 e. The van der Waals surface area contributed by atoms with E-state index < -0.39 is 0 Å². The Morgan fingerprint density at radius 1 is 0.800 bits per heavy atom. The molecule has 0 bridgehead atoms. The Kier molecular flexibility index (Phi) is 6.40. The number of aryl methyl sites for hydroxylation is 2. The predicted octanol–water partition coefficient (Wildman–Crippen LogP) is -0.325. The number of hydrogen-bond donors (Lipinski definition) is 4. The molecule has 1 fully saturated rings. The average molecular weight is 413 g/mol. The van der Waals surface area contributed by atoms with E-state index in [9.17, 15) is 14.0 Å². The molecular weight excluding hydrogens is 383 g/mol. The molecule has 0 aromatic heterocycles. The molecule has 1 heterocycles. The molecule has 0 radical (unpaired) electrons. The summed E-state index contributed by atoms with van der Waals surface area (Å²) in [4.78, 5) is 27.1. The van der Waals surface area contributed by atoms with E-state index in [-0.39, 0.29) is 17.6 Å². The van der Waals surface area contributed by atoms with Gasteiger partial charge in [0.1, 0.15) is 32.0 Å². The zero-order valence-electron chi connectivity index (χ0n) is 17.1. The van der Waals surface area contributed by atoms with Gasteiger partial charge in [0.2, 0.25) is 0 Å². The van der Waals surface area contributed by atoms with Crippen molar-refractivity contribution in [1.82, 2.24) is 0 Å². The molecule has 2 aromatic rings. The first kappa shape index (κ1) is 20.5. The number of amides is 2. The third-order valence-electron chi connectivity index (χ3n) is 5.98. The highest BCUT2D eigenvalue weighted by Crippen LogP contribution is 2.24. The van der Waals surface area contributed by atoms with Gasteiger partial charge in [-0.3, -0.25) is 9.59 Å². The van der Waals surface area contributed by atoms with E-state index in [0.29, 0.717) is 18.8 Å². The molecule has 0 unspecified atom stereocenters. The maximum Gasteiger partial charge on any atom is 0.279 e. The molecule has 30 heavy (non-hydrogen) atoms. The number of halogens is 1. The molecule has 0 saturated carbocycles. The summed E-state index contributed by atoms with van der Waals surface area (Å²) in [6, 6.07) is 12.2. The average Bonchev–Trinajstić information content (AvgIpc) is 3.17. The van der Waals surface area contributed by atoms with Gasteiger partial charge in [-0.05, 0) is 60.7 Å². The Balaban J connectivity index is 1.19. The van der Waals surface area contributed by atoms with Crippen LogP contribution in [0.3, 0.4) is 0 Å². The Bertz CT molecular complexity index is 925. The Labute approximate surface area is 176 Å². The fourth-order valence-corrected chi connectivity index (χ4v) is 4.39. The molecule has 6 nitrogen and oxygen atoms in total. The van der Waals surface area contributed by atoms with E-state index in [1.54, 1.807) is 12.1 Å². The van der Waals surface area contributed by atoms with E-state index in [0.717, 1.165) is 44.7 Å². The van der Waals surface area contributed by atoms with Crippen molar-refractivity contribution < 1.29 is 23.8 Å². The zero-order chi connectivity index (χ0) is 20.9. The summed E-state index contributed by atoms with van der Waals surface area (Å²) in [6.45, 7) is 4.15. The second kappa shape index (κ2) is 9.36. The fourth-order valence-electron chi connectivity index (χ4n) is 4.39. The van der Waals surface area contributed by atoms with Crippen molar-refractivity contribution in [2.75, 3.05) is 49.9 Å². The minimum Gasteiger partial charge on any atom is -0.321 e. The van der Waals surface area contributed by atoms with Gasteiger partial charge in [0.15, 0.2) is 13.1 Å². The molecule has 1 aliphatic heterocycles. The van der Waals surface area contributed by atoms with Crippen molar-refractivity contribution in [1.29, 1.82) is 0 Å². The Morgan fingerprint density at radius 3 is 2.03 bits per heavy atom. The van der Waals surface area contributed by atoms with Gasteiger partial charge in [0.25, 0.3) is 11.8 Å². The van der Waals surface area contributed by atoms with Crippen LogP contribution in [-0.4, -0.2) is 51.1 Å². The maximum absolute atomic E-state index is 13.2. The van der Waals surface area contributed by atoms with E-state index in [1.807, 2.05) is 6.07 Å². The van der Waals surface area contributed by atoms with E-state index >= 15 is 0 Å². The number of carbonyl (C=O) groups is 2. The van der Waals surface area contributed by atoms with Crippen molar-refractivity contribution in [3.63, 3.8) is 0 Å². The molecule has 2 amide bonds. The lowest BCUT2D eigenvalue weighted by Crippen LogP contribution is -3.28. The Morgan fingerprint density at radius 2 is 1.40 bits per heavy atom. The summed E-state index contributed by atoms with van der Waals surface area (Å²) >= 11 is 0. The fraction of sp³-hybridized carbons (Fsp3) is 0.391.